The molecule has 1 fully saturated rings. The maximum atomic E-state index is 11.3. The molecule has 2 aliphatic rings. The number of nitrogens with zero attached hydrogens (tertiary/aromatic N) is 1. The van der Waals surface area contributed by atoms with Crippen molar-refractivity contribution in [2.75, 3.05) is 4.90 Å². The zero-order chi connectivity index (χ0) is 16.9. The summed E-state index contributed by atoms with van der Waals surface area (Å²) in [4.78, 5) is 13.1. The summed E-state index contributed by atoms with van der Waals surface area (Å²) in [5.74, 6) is -0.142. The normalized spacial score (nSPS) is 24.6. The zero-order valence-corrected chi connectivity index (χ0v) is 13.8. The highest BCUT2D eigenvalue weighted by atomic mass is 32.1. The number of rotatable bonds is 2. The molecule has 2 N–H and O–H groups in total. The number of ether oxygens (including phenoxy) is 1. The molecule has 0 spiro atoms. The molecule has 2 bridgehead atoms. The van der Waals surface area contributed by atoms with Gasteiger partial charge in [0.2, 0.25) is 0 Å². The van der Waals surface area contributed by atoms with E-state index >= 15 is 0 Å². The van der Waals surface area contributed by atoms with E-state index < -0.39 is 11.7 Å². The molecule has 122 valence electrons. The van der Waals surface area contributed by atoms with Crippen LogP contribution in [0.4, 0.5) is 5.69 Å². The van der Waals surface area contributed by atoms with Crippen molar-refractivity contribution >= 4 is 29.0 Å². The van der Waals surface area contributed by atoms with E-state index in [1.54, 1.807) is 18.2 Å². The van der Waals surface area contributed by atoms with E-state index in [4.69, 9.17) is 17.0 Å². The number of carboxylic acids is 1. The maximum absolute atomic E-state index is 11.3. The number of fused-ring (bicyclic) bond motifs is 4. The number of para-hydroxylation sites is 1. The minimum atomic E-state index is -0.967. The Morgan fingerprint density at radius 3 is 2.92 bits per heavy atom. The van der Waals surface area contributed by atoms with Gasteiger partial charge in [0.25, 0.3) is 0 Å². The van der Waals surface area contributed by atoms with Crippen LogP contribution in [0, 0.1) is 0 Å². The van der Waals surface area contributed by atoms with Gasteiger partial charge in [-0.25, -0.2) is 4.79 Å². The Balaban J connectivity index is 1.79. The molecule has 0 radical (unpaired) electrons. The topological polar surface area (TPSA) is 61.8 Å². The van der Waals surface area contributed by atoms with Crippen LogP contribution in [0.1, 0.15) is 35.3 Å². The highest BCUT2D eigenvalue weighted by molar-refractivity contribution is 7.80. The highest BCUT2D eigenvalue weighted by Gasteiger charge is 2.48. The van der Waals surface area contributed by atoms with Crippen molar-refractivity contribution in [3.8, 4) is 5.75 Å². The maximum Gasteiger partial charge on any atom is 0.335 e. The smallest absolute Gasteiger partial charge is 0.335 e. The minimum Gasteiger partial charge on any atom is -0.478 e. The van der Waals surface area contributed by atoms with Gasteiger partial charge in [-0.1, -0.05) is 24.3 Å². The Morgan fingerprint density at radius 1 is 1.33 bits per heavy atom. The van der Waals surface area contributed by atoms with Crippen LogP contribution >= 0.6 is 12.2 Å². The van der Waals surface area contributed by atoms with E-state index in [0.717, 1.165) is 11.3 Å². The van der Waals surface area contributed by atoms with Crippen molar-refractivity contribution in [1.82, 2.24) is 5.32 Å². The number of carboxylic acid groups (broad SMARTS) is 1. The predicted molar refractivity (Wildman–Crippen MR) is 94.4 cm³/mol. The molecule has 2 aromatic rings. The Bertz CT molecular complexity index is 854. The van der Waals surface area contributed by atoms with E-state index in [-0.39, 0.29) is 11.6 Å². The molecular formula is C18H16N2O3S. The lowest BCUT2D eigenvalue weighted by Crippen LogP contribution is -2.65. The molecule has 6 heteroatoms. The van der Waals surface area contributed by atoms with E-state index in [1.807, 2.05) is 42.2 Å². The second kappa shape index (κ2) is 5.21. The second-order valence-corrected chi connectivity index (χ2v) is 6.60. The summed E-state index contributed by atoms with van der Waals surface area (Å²) < 4.78 is 6.28. The van der Waals surface area contributed by atoms with Gasteiger partial charge in [0.15, 0.2) is 10.8 Å². The quantitative estimate of drug-likeness (QED) is 0.818. The molecule has 0 amide bonds. The van der Waals surface area contributed by atoms with Crippen molar-refractivity contribution < 1.29 is 14.6 Å². The molecule has 2 heterocycles. The molecular weight excluding hydrogens is 324 g/mol. The van der Waals surface area contributed by atoms with Crippen LogP contribution in [0.3, 0.4) is 0 Å². The first kappa shape index (κ1) is 15.0. The largest absolute Gasteiger partial charge is 0.478 e. The first-order valence-electron chi connectivity index (χ1n) is 7.70. The summed E-state index contributed by atoms with van der Waals surface area (Å²) in [5, 5.41) is 13.1. The third kappa shape index (κ3) is 2.22. The monoisotopic (exact) mass is 340 g/mol. The first-order chi connectivity index (χ1) is 11.5. The van der Waals surface area contributed by atoms with Gasteiger partial charge in [0.1, 0.15) is 5.75 Å². The summed E-state index contributed by atoms with van der Waals surface area (Å²) in [6.45, 7) is 1.98. The number of aromatic carboxylic acids is 1. The summed E-state index contributed by atoms with van der Waals surface area (Å²) in [7, 11) is 0. The van der Waals surface area contributed by atoms with Gasteiger partial charge in [-0.2, -0.15) is 0 Å². The summed E-state index contributed by atoms with van der Waals surface area (Å²) in [6, 6.07) is 14.7. The zero-order valence-electron chi connectivity index (χ0n) is 13.0. The molecule has 1 saturated heterocycles. The Hall–Kier alpha value is -2.60. The Kier molecular flexibility index (Phi) is 3.25. The summed E-state index contributed by atoms with van der Waals surface area (Å²) in [5.41, 5.74) is 1.35. The van der Waals surface area contributed by atoms with Gasteiger partial charge in [0.05, 0.1) is 11.6 Å². The number of carbonyl (C=O) groups is 1. The number of hydrogen-bond donors (Lipinski definition) is 2. The van der Waals surface area contributed by atoms with Crippen LogP contribution < -0.4 is 15.0 Å². The molecule has 2 aromatic carbocycles. The van der Waals surface area contributed by atoms with Gasteiger partial charge in [0, 0.05) is 17.7 Å². The predicted octanol–water partition coefficient (Wildman–Crippen LogP) is 3.32. The Labute approximate surface area is 144 Å². The first-order valence-corrected chi connectivity index (χ1v) is 8.11. The molecule has 2 unspecified atom stereocenters. The van der Waals surface area contributed by atoms with E-state index in [2.05, 4.69) is 5.32 Å². The number of anilines is 1. The lowest BCUT2D eigenvalue weighted by molar-refractivity contribution is 0.0496. The van der Waals surface area contributed by atoms with Crippen LogP contribution in [0.5, 0.6) is 5.75 Å². The average Bonchev–Trinajstić information content (AvgIpc) is 2.54. The third-order valence-electron chi connectivity index (χ3n) is 4.53. The fourth-order valence-corrected chi connectivity index (χ4v) is 3.93. The van der Waals surface area contributed by atoms with Gasteiger partial charge in [-0.15, -0.1) is 0 Å². The molecule has 5 nitrogen and oxygen atoms in total. The third-order valence-corrected chi connectivity index (χ3v) is 4.83. The average molecular weight is 340 g/mol. The number of hydrogen-bond acceptors (Lipinski definition) is 3. The standard InChI is InChI=1S/C18H16N2O3S/c1-18-10-14(13-7-2-3-8-15(13)23-18)19-17(24)20(18)12-6-4-5-11(9-12)16(21)22/h2-9,14H,10H2,1H3,(H,19,24)(H,21,22). The lowest BCUT2D eigenvalue weighted by atomic mass is 9.90. The summed E-state index contributed by atoms with van der Waals surface area (Å²) in [6.07, 6.45) is 0.710. The minimum absolute atomic E-state index is 0.0892. The van der Waals surface area contributed by atoms with Crippen molar-refractivity contribution in [1.29, 1.82) is 0 Å². The highest BCUT2D eigenvalue weighted by Crippen LogP contribution is 2.45. The fraction of sp³-hybridized carbons (Fsp3) is 0.222. The van der Waals surface area contributed by atoms with Gasteiger partial charge < -0.3 is 15.2 Å². The SMILES string of the molecule is CC12CC(NC(=S)N1c1cccc(C(=O)O)c1)c1ccccc1O2. The van der Waals surface area contributed by atoms with Crippen LogP contribution in [-0.2, 0) is 0 Å². The molecule has 24 heavy (non-hydrogen) atoms. The second-order valence-electron chi connectivity index (χ2n) is 6.21. The van der Waals surface area contributed by atoms with Crippen LogP contribution in [0.15, 0.2) is 48.5 Å². The molecule has 4 rings (SSSR count). The van der Waals surface area contributed by atoms with Crippen molar-refractivity contribution in [2.45, 2.75) is 25.1 Å². The van der Waals surface area contributed by atoms with Crippen LogP contribution in [-0.4, -0.2) is 21.9 Å². The van der Waals surface area contributed by atoms with Gasteiger partial charge in [-0.05, 0) is 43.4 Å². The van der Waals surface area contributed by atoms with Crippen molar-refractivity contribution in [2.24, 2.45) is 0 Å². The molecule has 0 aromatic heterocycles. The van der Waals surface area contributed by atoms with Crippen molar-refractivity contribution in [3.63, 3.8) is 0 Å². The van der Waals surface area contributed by atoms with Gasteiger partial charge in [-0.3, -0.25) is 4.90 Å². The van der Waals surface area contributed by atoms with Crippen molar-refractivity contribution in [3.05, 3.63) is 59.7 Å². The van der Waals surface area contributed by atoms with Gasteiger partial charge >= 0.3 is 5.97 Å². The lowest BCUT2D eigenvalue weighted by Gasteiger charge is -2.52. The molecule has 0 aliphatic carbocycles. The van der Waals surface area contributed by atoms with E-state index in [0.29, 0.717) is 17.2 Å². The molecule has 2 atom stereocenters. The number of nitrogens with one attached hydrogen (secondary N) is 1. The van der Waals surface area contributed by atoms with Crippen LogP contribution in [0.2, 0.25) is 0 Å². The molecule has 2 aliphatic heterocycles. The fourth-order valence-electron chi connectivity index (χ4n) is 3.49. The molecule has 0 saturated carbocycles. The van der Waals surface area contributed by atoms with E-state index in [9.17, 15) is 9.90 Å². The Morgan fingerprint density at radius 2 is 2.12 bits per heavy atom. The summed E-state index contributed by atoms with van der Waals surface area (Å²) >= 11 is 5.56. The number of thiocarbonyl (C=S) groups is 1. The van der Waals surface area contributed by atoms with Crippen LogP contribution in [0.25, 0.3) is 0 Å². The number of benzene rings is 2. The van der Waals surface area contributed by atoms with E-state index in [1.165, 1.54) is 0 Å².